The van der Waals surface area contributed by atoms with Gasteiger partial charge in [-0.05, 0) is 11.6 Å². The molecule has 1 fully saturated rings. The lowest BCUT2D eigenvalue weighted by Gasteiger charge is -2.19. The van der Waals surface area contributed by atoms with E-state index in [-0.39, 0.29) is 0 Å². The topological polar surface area (TPSA) is 104 Å². The first-order valence-electron chi connectivity index (χ1n) is 5.77. The highest BCUT2D eigenvalue weighted by Gasteiger charge is 2.68. The van der Waals surface area contributed by atoms with Gasteiger partial charge in [-0.25, -0.2) is 0 Å². The lowest BCUT2D eigenvalue weighted by atomic mass is 9.81. The van der Waals surface area contributed by atoms with Crippen molar-refractivity contribution in [3.05, 3.63) is 29.8 Å². The summed E-state index contributed by atoms with van der Waals surface area (Å²) in [5, 5.41) is 36.9. The summed E-state index contributed by atoms with van der Waals surface area (Å²) in [4.78, 5) is 0.885. The van der Waals surface area contributed by atoms with Gasteiger partial charge < -0.3 is 4.74 Å². The highest BCUT2D eigenvalue weighted by atomic mass is 32.2. The molecule has 0 bridgehead atoms. The molecule has 94 valence electrons. The molecule has 0 amide bonds. The summed E-state index contributed by atoms with van der Waals surface area (Å²) in [6, 6.07) is 14.7. The molecule has 20 heavy (non-hydrogen) atoms. The first-order valence-corrected chi connectivity index (χ1v) is 6.65. The van der Waals surface area contributed by atoms with Crippen LogP contribution in [0.1, 0.15) is 11.5 Å². The van der Waals surface area contributed by atoms with E-state index in [1.807, 2.05) is 42.5 Å². The second-order valence-electron chi connectivity index (χ2n) is 4.57. The summed E-state index contributed by atoms with van der Waals surface area (Å²) in [5.74, 6) is -0.599. The largest absolute Gasteiger partial charge is 0.311 e. The maximum Gasteiger partial charge on any atom is 0.256 e. The first-order chi connectivity index (χ1) is 9.66. The Hall–Kier alpha value is -2.51. The molecular formula is C14H6N4OS. The van der Waals surface area contributed by atoms with E-state index in [9.17, 15) is 21.0 Å². The summed E-state index contributed by atoms with van der Waals surface area (Å²) in [7, 11) is 0. The van der Waals surface area contributed by atoms with Crippen LogP contribution in [-0.4, -0.2) is 16.5 Å². The predicted octanol–water partition coefficient (Wildman–Crippen LogP) is 1.85. The third kappa shape index (κ3) is 1.28. The van der Waals surface area contributed by atoms with E-state index in [0.717, 1.165) is 10.5 Å². The summed E-state index contributed by atoms with van der Waals surface area (Å²) in [6.45, 7) is 0. The molecule has 0 unspecified atom stereocenters. The Bertz CT molecular complexity index is 733. The quantitative estimate of drug-likeness (QED) is 0.717. The molecule has 0 aliphatic carbocycles. The lowest BCUT2D eigenvalue weighted by molar-refractivity contribution is 0.0178. The van der Waals surface area contributed by atoms with Crippen LogP contribution in [0, 0.1) is 45.3 Å². The van der Waals surface area contributed by atoms with Gasteiger partial charge in [-0.2, -0.15) is 21.0 Å². The van der Waals surface area contributed by atoms with Gasteiger partial charge in [0.05, 0.1) is 11.2 Å². The van der Waals surface area contributed by atoms with Crippen molar-refractivity contribution in [3.8, 4) is 24.3 Å². The van der Waals surface area contributed by atoms with Crippen LogP contribution in [0.5, 0.6) is 0 Å². The van der Waals surface area contributed by atoms with Gasteiger partial charge in [0.25, 0.3) is 11.2 Å². The summed E-state index contributed by atoms with van der Waals surface area (Å²) >= 11 is 1.32. The molecule has 1 aromatic rings. The number of nitrogens with zero attached hydrogens (tertiary/aromatic N) is 4. The Morgan fingerprint density at radius 2 is 1.55 bits per heavy atom. The number of benzene rings is 1. The SMILES string of the molecule is N#CC1(C#N)OC(C#N)(C#N)[C@H]2c3ccccc3S[C@@H]21. The third-order valence-electron chi connectivity index (χ3n) is 3.64. The van der Waals surface area contributed by atoms with Crippen molar-refractivity contribution >= 4 is 11.8 Å². The molecule has 2 atom stereocenters. The summed E-state index contributed by atoms with van der Waals surface area (Å²) in [5.41, 5.74) is -2.78. The molecule has 2 heterocycles. The molecule has 0 saturated carbocycles. The first kappa shape index (κ1) is 12.5. The van der Waals surface area contributed by atoms with Crippen molar-refractivity contribution in [2.24, 2.45) is 0 Å². The molecule has 2 aliphatic heterocycles. The molecule has 2 aliphatic rings. The maximum atomic E-state index is 9.39. The van der Waals surface area contributed by atoms with Gasteiger partial charge in [0.1, 0.15) is 24.3 Å². The van der Waals surface area contributed by atoms with Crippen molar-refractivity contribution in [2.75, 3.05) is 0 Å². The van der Waals surface area contributed by atoms with Gasteiger partial charge in [0.2, 0.25) is 0 Å². The fourth-order valence-corrected chi connectivity index (χ4v) is 4.30. The minimum absolute atomic E-state index is 0.575. The minimum Gasteiger partial charge on any atom is -0.311 e. The van der Waals surface area contributed by atoms with Crippen LogP contribution in [0.2, 0.25) is 0 Å². The fourth-order valence-electron chi connectivity index (χ4n) is 2.75. The molecule has 0 N–H and O–H groups in total. The van der Waals surface area contributed by atoms with Crippen LogP contribution in [0.25, 0.3) is 0 Å². The number of hydrogen-bond donors (Lipinski definition) is 0. The minimum atomic E-state index is -1.80. The molecule has 5 nitrogen and oxygen atoms in total. The van der Waals surface area contributed by atoms with Gasteiger partial charge in [-0.1, -0.05) is 18.2 Å². The molecule has 6 heteroatoms. The van der Waals surface area contributed by atoms with E-state index in [1.165, 1.54) is 11.8 Å². The average Bonchev–Trinajstić information content (AvgIpc) is 3.02. The second kappa shape index (κ2) is 3.99. The standard InChI is InChI=1S/C14H6N4OS/c15-5-13(6-16)11-9-3-1-2-4-10(9)20-12(11)14(7-17,8-18)19-13/h1-4,11-12H/t11-,12-/m0/s1. The predicted molar refractivity (Wildman–Crippen MR) is 67.8 cm³/mol. The van der Waals surface area contributed by atoms with Crippen molar-refractivity contribution in [2.45, 2.75) is 27.3 Å². The van der Waals surface area contributed by atoms with Crippen molar-refractivity contribution in [3.63, 3.8) is 0 Å². The Kier molecular flexibility index (Phi) is 2.50. The van der Waals surface area contributed by atoms with E-state index < -0.39 is 22.4 Å². The van der Waals surface area contributed by atoms with Gasteiger partial charge in [-0.15, -0.1) is 11.8 Å². The number of thioether (sulfide) groups is 1. The Balaban J connectivity index is 2.27. The summed E-state index contributed by atoms with van der Waals surface area (Å²) in [6.07, 6.45) is 0. The van der Waals surface area contributed by atoms with Crippen LogP contribution < -0.4 is 0 Å². The van der Waals surface area contributed by atoms with Crippen LogP contribution in [0.15, 0.2) is 29.2 Å². The zero-order valence-corrected chi connectivity index (χ0v) is 10.9. The number of ether oxygens (including phenoxy) is 1. The highest BCUT2D eigenvalue weighted by molar-refractivity contribution is 8.00. The fraction of sp³-hybridized carbons (Fsp3) is 0.286. The van der Waals surface area contributed by atoms with Crippen LogP contribution in [0.3, 0.4) is 0 Å². The Morgan fingerprint density at radius 3 is 2.15 bits per heavy atom. The van der Waals surface area contributed by atoms with Gasteiger partial charge >= 0.3 is 0 Å². The van der Waals surface area contributed by atoms with E-state index in [4.69, 9.17) is 4.74 Å². The number of nitriles is 4. The van der Waals surface area contributed by atoms with Crippen molar-refractivity contribution in [1.82, 2.24) is 0 Å². The number of rotatable bonds is 0. The van der Waals surface area contributed by atoms with Crippen molar-refractivity contribution in [1.29, 1.82) is 21.0 Å². The maximum absolute atomic E-state index is 9.39. The number of fused-ring (bicyclic) bond motifs is 3. The Labute approximate surface area is 119 Å². The van der Waals surface area contributed by atoms with E-state index in [0.29, 0.717) is 0 Å². The van der Waals surface area contributed by atoms with Crippen LogP contribution in [0.4, 0.5) is 0 Å². The van der Waals surface area contributed by atoms with E-state index >= 15 is 0 Å². The molecule has 1 saturated heterocycles. The van der Waals surface area contributed by atoms with Gasteiger partial charge in [-0.3, -0.25) is 0 Å². The monoisotopic (exact) mass is 278 g/mol. The zero-order chi connectivity index (χ0) is 14.4. The molecular weight excluding hydrogens is 272 g/mol. The molecule has 3 rings (SSSR count). The smallest absolute Gasteiger partial charge is 0.256 e. The van der Waals surface area contributed by atoms with Gasteiger partial charge in [0, 0.05) is 4.90 Å². The van der Waals surface area contributed by atoms with Gasteiger partial charge in [0.15, 0.2) is 0 Å². The summed E-state index contributed by atoms with van der Waals surface area (Å²) < 4.78 is 5.39. The molecule has 1 aromatic carbocycles. The Morgan fingerprint density at radius 1 is 0.950 bits per heavy atom. The molecule has 0 radical (unpaired) electrons. The lowest BCUT2D eigenvalue weighted by Crippen LogP contribution is -2.35. The highest BCUT2D eigenvalue weighted by Crippen LogP contribution is 2.60. The van der Waals surface area contributed by atoms with Crippen LogP contribution in [-0.2, 0) is 4.74 Å². The second-order valence-corrected chi connectivity index (χ2v) is 5.76. The zero-order valence-electron chi connectivity index (χ0n) is 10.1. The van der Waals surface area contributed by atoms with Crippen LogP contribution >= 0.6 is 11.8 Å². The molecule has 0 aromatic heterocycles. The van der Waals surface area contributed by atoms with E-state index in [1.54, 1.807) is 6.07 Å². The van der Waals surface area contributed by atoms with Crippen molar-refractivity contribution < 1.29 is 4.74 Å². The van der Waals surface area contributed by atoms with E-state index in [2.05, 4.69) is 0 Å². The molecule has 0 spiro atoms. The normalized spacial score (nSPS) is 27.2. The average molecular weight is 278 g/mol. The number of hydrogen-bond acceptors (Lipinski definition) is 6. The third-order valence-corrected chi connectivity index (χ3v) is 5.12.